The van der Waals surface area contributed by atoms with Gasteiger partial charge < -0.3 is 15.2 Å². The minimum Gasteiger partial charge on any atom is -0.326 e. The van der Waals surface area contributed by atoms with Gasteiger partial charge in [-0.3, -0.25) is 14.6 Å². The van der Waals surface area contributed by atoms with Gasteiger partial charge in [-0.05, 0) is 42.8 Å². The summed E-state index contributed by atoms with van der Waals surface area (Å²) >= 11 is 1.35. The van der Waals surface area contributed by atoms with E-state index in [2.05, 4.69) is 32.7 Å². The highest BCUT2D eigenvalue weighted by molar-refractivity contribution is 7.99. The highest BCUT2D eigenvalue weighted by atomic mass is 32.2. The van der Waals surface area contributed by atoms with E-state index in [1.165, 1.54) is 18.7 Å². The predicted octanol–water partition coefficient (Wildman–Crippen LogP) is 3.44. The van der Waals surface area contributed by atoms with E-state index < -0.39 is 0 Å². The van der Waals surface area contributed by atoms with Crippen molar-refractivity contribution in [2.24, 2.45) is 0 Å². The number of aromatic nitrogens is 4. The molecule has 0 spiro atoms. The Labute approximate surface area is 173 Å². The molecule has 8 nitrogen and oxygen atoms in total. The summed E-state index contributed by atoms with van der Waals surface area (Å²) < 4.78 is 2.02. The zero-order chi connectivity index (χ0) is 20.6. The molecule has 2 aromatic heterocycles. The normalized spacial score (nSPS) is 10.6. The van der Waals surface area contributed by atoms with Crippen LogP contribution < -0.4 is 10.6 Å². The smallest absolute Gasteiger partial charge is 0.234 e. The number of benzene rings is 1. The van der Waals surface area contributed by atoms with Crippen LogP contribution in [0.5, 0.6) is 0 Å². The van der Waals surface area contributed by atoms with Crippen molar-refractivity contribution in [1.29, 1.82) is 0 Å². The van der Waals surface area contributed by atoms with E-state index in [1.807, 2.05) is 16.7 Å². The SMILES string of the molecule is CCCn1c(SCC(=O)Nc2ccc(NC(C)=O)cc2)nnc1-c1ccncc1. The molecule has 0 aliphatic rings. The van der Waals surface area contributed by atoms with Crippen LogP contribution in [0.3, 0.4) is 0 Å². The molecule has 0 aliphatic carbocycles. The first-order valence-corrected chi connectivity index (χ1v) is 10.2. The molecule has 2 amide bonds. The fourth-order valence-corrected chi connectivity index (χ4v) is 3.47. The van der Waals surface area contributed by atoms with E-state index in [4.69, 9.17) is 0 Å². The van der Waals surface area contributed by atoms with Gasteiger partial charge in [-0.1, -0.05) is 18.7 Å². The zero-order valence-electron chi connectivity index (χ0n) is 16.3. The van der Waals surface area contributed by atoms with Gasteiger partial charge in [0.1, 0.15) is 0 Å². The average Bonchev–Trinajstić information content (AvgIpc) is 3.11. The van der Waals surface area contributed by atoms with Crippen LogP contribution in [0.2, 0.25) is 0 Å². The zero-order valence-corrected chi connectivity index (χ0v) is 17.1. The highest BCUT2D eigenvalue weighted by Crippen LogP contribution is 2.24. The molecule has 0 fully saturated rings. The Morgan fingerprint density at radius 1 is 1.00 bits per heavy atom. The number of amides is 2. The first kappa shape index (κ1) is 20.5. The van der Waals surface area contributed by atoms with Crippen LogP contribution >= 0.6 is 11.8 Å². The van der Waals surface area contributed by atoms with Crippen molar-refractivity contribution in [1.82, 2.24) is 19.7 Å². The van der Waals surface area contributed by atoms with Gasteiger partial charge in [0.2, 0.25) is 11.8 Å². The minimum absolute atomic E-state index is 0.138. The number of nitrogens with zero attached hydrogens (tertiary/aromatic N) is 4. The third-order valence-electron chi connectivity index (χ3n) is 3.92. The molecule has 0 saturated carbocycles. The molecule has 0 radical (unpaired) electrons. The number of pyridine rings is 1. The summed E-state index contributed by atoms with van der Waals surface area (Å²) in [5.41, 5.74) is 2.29. The molecule has 2 heterocycles. The number of anilines is 2. The standard InChI is InChI=1S/C20H22N6O2S/c1-3-12-26-19(15-8-10-21-11-9-15)24-25-20(26)29-13-18(28)23-17-6-4-16(5-7-17)22-14(2)27/h4-11H,3,12-13H2,1-2H3,(H,22,27)(H,23,28). The summed E-state index contributed by atoms with van der Waals surface area (Å²) in [6, 6.07) is 10.7. The van der Waals surface area contributed by atoms with Gasteiger partial charge in [-0.2, -0.15) is 0 Å². The van der Waals surface area contributed by atoms with E-state index in [0.717, 1.165) is 24.4 Å². The Morgan fingerprint density at radius 2 is 1.66 bits per heavy atom. The lowest BCUT2D eigenvalue weighted by Gasteiger charge is -2.09. The summed E-state index contributed by atoms with van der Waals surface area (Å²) in [6.07, 6.45) is 4.37. The Balaban J connectivity index is 1.62. The van der Waals surface area contributed by atoms with Crippen LogP contribution in [0.15, 0.2) is 53.9 Å². The lowest BCUT2D eigenvalue weighted by Crippen LogP contribution is -2.15. The van der Waals surface area contributed by atoms with E-state index in [0.29, 0.717) is 16.5 Å². The van der Waals surface area contributed by atoms with E-state index in [1.54, 1.807) is 36.7 Å². The van der Waals surface area contributed by atoms with Gasteiger partial charge >= 0.3 is 0 Å². The highest BCUT2D eigenvalue weighted by Gasteiger charge is 2.15. The van der Waals surface area contributed by atoms with Crippen LogP contribution in [0.4, 0.5) is 11.4 Å². The number of thioether (sulfide) groups is 1. The molecule has 9 heteroatoms. The first-order chi connectivity index (χ1) is 14.1. The molecular weight excluding hydrogens is 388 g/mol. The molecule has 1 aromatic carbocycles. The molecule has 2 N–H and O–H groups in total. The Hall–Kier alpha value is -3.20. The fourth-order valence-electron chi connectivity index (χ4n) is 2.70. The molecule has 3 aromatic rings. The van der Waals surface area contributed by atoms with Gasteiger partial charge in [-0.15, -0.1) is 10.2 Å². The molecule has 0 aliphatic heterocycles. The third-order valence-corrected chi connectivity index (χ3v) is 4.89. The number of carbonyl (C=O) groups is 2. The number of carbonyl (C=O) groups excluding carboxylic acids is 2. The number of hydrogen-bond donors (Lipinski definition) is 2. The van der Waals surface area contributed by atoms with Gasteiger partial charge in [0.05, 0.1) is 5.75 Å². The lowest BCUT2D eigenvalue weighted by atomic mass is 10.2. The van der Waals surface area contributed by atoms with Crippen molar-refractivity contribution in [2.75, 3.05) is 16.4 Å². The molecule has 150 valence electrons. The lowest BCUT2D eigenvalue weighted by molar-refractivity contribution is -0.114. The summed E-state index contributed by atoms with van der Waals surface area (Å²) in [7, 11) is 0. The Morgan fingerprint density at radius 3 is 2.28 bits per heavy atom. The van der Waals surface area contributed by atoms with Gasteiger partial charge in [-0.25, -0.2) is 0 Å². The van der Waals surface area contributed by atoms with E-state index >= 15 is 0 Å². The minimum atomic E-state index is -0.140. The van der Waals surface area contributed by atoms with Crippen LogP contribution in [0.1, 0.15) is 20.3 Å². The second kappa shape index (κ2) is 9.83. The quantitative estimate of drug-likeness (QED) is 0.552. The maximum atomic E-state index is 12.3. The van der Waals surface area contributed by atoms with Gasteiger partial charge in [0, 0.05) is 42.8 Å². The molecular formula is C20H22N6O2S. The monoisotopic (exact) mass is 410 g/mol. The van der Waals surface area contributed by atoms with Crippen molar-refractivity contribution >= 4 is 35.0 Å². The van der Waals surface area contributed by atoms with Crippen LogP contribution in [-0.4, -0.2) is 37.3 Å². The average molecular weight is 411 g/mol. The topological polar surface area (TPSA) is 102 Å². The predicted molar refractivity (Wildman–Crippen MR) is 114 cm³/mol. The third kappa shape index (κ3) is 5.64. The van der Waals surface area contributed by atoms with Gasteiger partial charge in [0.25, 0.3) is 0 Å². The second-order valence-electron chi connectivity index (χ2n) is 6.29. The van der Waals surface area contributed by atoms with Crippen molar-refractivity contribution in [3.8, 4) is 11.4 Å². The maximum absolute atomic E-state index is 12.3. The van der Waals surface area contributed by atoms with Crippen LogP contribution in [-0.2, 0) is 16.1 Å². The number of rotatable bonds is 8. The van der Waals surface area contributed by atoms with Crippen LogP contribution in [0, 0.1) is 0 Å². The fraction of sp³-hybridized carbons (Fsp3) is 0.250. The van der Waals surface area contributed by atoms with E-state index in [-0.39, 0.29) is 17.6 Å². The van der Waals surface area contributed by atoms with Crippen molar-refractivity contribution in [3.05, 3.63) is 48.8 Å². The first-order valence-electron chi connectivity index (χ1n) is 9.20. The second-order valence-corrected chi connectivity index (χ2v) is 7.23. The number of hydrogen-bond acceptors (Lipinski definition) is 6. The molecule has 0 unspecified atom stereocenters. The maximum Gasteiger partial charge on any atom is 0.234 e. The summed E-state index contributed by atoms with van der Waals surface area (Å²) in [5.74, 6) is 0.705. The molecule has 0 saturated heterocycles. The molecule has 0 atom stereocenters. The molecule has 0 bridgehead atoms. The van der Waals surface area contributed by atoms with Crippen molar-refractivity contribution in [3.63, 3.8) is 0 Å². The molecule has 29 heavy (non-hydrogen) atoms. The summed E-state index contributed by atoms with van der Waals surface area (Å²) in [4.78, 5) is 27.4. The van der Waals surface area contributed by atoms with Gasteiger partial charge in [0.15, 0.2) is 11.0 Å². The van der Waals surface area contributed by atoms with E-state index in [9.17, 15) is 9.59 Å². The Kier molecular flexibility index (Phi) is 6.96. The Bertz CT molecular complexity index is 972. The largest absolute Gasteiger partial charge is 0.326 e. The molecule has 3 rings (SSSR count). The van der Waals surface area contributed by atoms with Crippen molar-refractivity contribution < 1.29 is 9.59 Å². The van der Waals surface area contributed by atoms with Crippen LogP contribution in [0.25, 0.3) is 11.4 Å². The summed E-state index contributed by atoms with van der Waals surface area (Å²) in [6.45, 7) is 4.30. The number of nitrogens with one attached hydrogen (secondary N) is 2. The summed E-state index contributed by atoms with van der Waals surface area (Å²) in [5, 5.41) is 14.8. The van der Waals surface area contributed by atoms with Crippen molar-refractivity contribution in [2.45, 2.75) is 32.0 Å².